The van der Waals surface area contributed by atoms with Crippen LogP contribution in [-0.4, -0.2) is 22.3 Å². The highest BCUT2D eigenvalue weighted by Gasteiger charge is 2.00. The molecule has 0 saturated carbocycles. The van der Waals surface area contributed by atoms with Gasteiger partial charge in [0.2, 0.25) is 0 Å². The Morgan fingerprint density at radius 3 is 2.88 bits per heavy atom. The van der Waals surface area contributed by atoms with Crippen molar-refractivity contribution in [3.8, 4) is 5.75 Å². The van der Waals surface area contributed by atoms with Crippen molar-refractivity contribution in [2.45, 2.75) is 20.0 Å². The average Bonchev–Trinajstić information content (AvgIpc) is 2.82. The first-order chi connectivity index (χ1) is 8.29. The molecule has 2 aromatic rings. The molecule has 1 aromatic heterocycles. The third kappa shape index (κ3) is 3.04. The van der Waals surface area contributed by atoms with Crippen LogP contribution < -0.4 is 10.1 Å². The number of benzene rings is 1. The molecule has 5 heteroatoms. The minimum atomic E-state index is 0.686. The van der Waals surface area contributed by atoms with Crippen LogP contribution in [0.4, 0.5) is 0 Å². The summed E-state index contributed by atoms with van der Waals surface area (Å²) in [4.78, 5) is 4.04. The van der Waals surface area contributed by atoms with Gasteiger partial charge in [-0.25, -0.2) is 4.98 Å². The molecule has 2 rings (SSSR count). The molecule has 0 bridgehead atoms. The number of aryl methyl sites for hydroxylation is 1. The van der Waals surface area contributed by atoms with Crippen molar-refractivity contribution in [2.75, 3.05) is 7.11 Å². The van der Waals surface area contributed by atoms with Gasteiger partial charge in [-0.3, -0.25) is 5.10 Å². The summed E-state index contributed by atoms with van der Waals surface area (Å²) in [5.74, 6) is 1.76. The predicted octanol–water partition coefficient (Wildman–Crippen LogP) is 1.41. The number of nitrogens with one attached hydrogen (secondary N) is 2. The lowest BCUT2D eigenvalue weighted by atomic mass is 10.1. The number of nitrogens with zero attached hydrogens (tertiary/aromatic N) is 2. The van der Waals surface area contributed by atoms with Gasteiger partial charge in [-0.2, -0.15) is 5.10 Å². The SMILES string of the molecule is COc1ccc(CNCc2ncn[nH]2)cc1C. The molecule has 0 amide bonds. The molecule has 1 heterocycles. The number of ether oxygens (including phenoxy) is 1. The normalized spacial score (nSPS) is 10.5. The molecule has 0 aliphatic heterocycles. The van der Waals surface area contributed by atoms with E-state index in [1.165, 1.54) is 11.9 Å². The molecule has 90 valence electrons. The standard InChI is InChI=1S/C12H16N4O/c1-9-5-10(3-4-11(9)17-2)6-13-7-12-14-8-15-16-12/h3-5,8,13H,6-7H2,1-2H3,(H,14,15,16). The van der Waals surface area contributed by atoms with Crippen molar-refractivity contribution >= 4 is 0 Å². The second-order valence-electron chi connectivity index (χ2n) is 3.84. The zero-order valence-corrected chi connectivity index (χ0v) is 10.0. The number of aromatic nitrogens is 3. The molecule has 0 aliphatic carbocycles. The Balaban J connectivity index is 1.89. The molecule has 1 aromatic carbocycles. The third-order valence-electron chi connectivity index (χ3n) is 2.55. The highest BCUT2D eigenvalue weighted by molar-refractivity contribution is 5.36. The van der Waals surface area contributed by atoms with Crippen LogP contribution in [0.15, 0.2) is 24.5 Å². The monoisotopic (exact) mass is 232 g/mol. The van der Waals surface area contributed by atoms with E-state index in [1.54, 1.807) is 7.11 Å². The lowest BCUT2D eigenvalue weighted by Gasteiger charge is -2.07. The molecule has 0 radical (unpaired) electrons. The van der Waals surface area contributed by atoms with Gasteiger partial charge in [-0.15, -0.1) is 0 Å². The molecule has 0 spiro atoms. The Morgan fingerprint density at radius 2 is 2.24 bits per heavy atom. The van der Waals surface area contributed by atoms with Crippen molar-refractivity contribution < 1.29 is 4.74 Å². The van der Waals surface area contributed by atoms with Gasteiger partial charge in [0.05, 0.1) is 13.7 Å². The number of H-pyrrole nitrogens is 1. The van der Waals surface area contributed by atoms with Gasteiger partial charge in [-0.1, -0.05) is 12.1 Å². The Morgan fingerprint density at radius 1 is 1.35 bits per heavy atom. The number of hydrogen-bond donors (Lipinski definition) is 2. The Hall–Kier alpha value is -1.88. The van der Waals surface area contributed by atoms with Crippen LogP contribution in [0.1, 0.15) is 17.0 Å². The summed E-state index contributed by atoms with van der Waals surface area (Å²) in [6.45, 7) is 3.52. The molecule has 2 N–H and O–H groups in total. The maximum absolute atomic E-state index is 5.22. The zero-order chi connectivity index (χ0) is 12.1. The van der Waals surface area contributed by atoms with Crippen molar-refractivity contribution in [3.63, 3.8) is 0 Å². The Labute approximate surface area is 100 Å². The van der Waals surface area contributed by atoms with Crippen LogP contribution in [0.25, 0.3) is 0 Å². The lowest BCUT2D eigenvalue weighted by Crippen LogP contribution is -2.13. The van der Waals surface area contributed by atoms with Gasteiger partial charge >= 0.3 is 0 Å². The molecular weight excluding hydrogens is 216 g/mol. The molecule has 0 saturated heterocycles. The molecule has 0 fully saturated rings. The van der Waals surface area contributed by atoms with Crippen molar-refractivity contribution in [2.24, 2.45) is 0 Å². The fourth-order valence-corrected chi connectivity index (χ4v) is 1.69. The van der Waals surface area contributed by atoms with Crippen LogP contribution in [0.3, 0.4) is 0 Å². The van der Waals surface area contributed by atoms with Crippen molar-refractivity contribution in [1.29, 1.82) is 0 Å². The minimum absolute atomic E-state index is 0.686. The molecule has 0 aliphatic rings. The van der Waals surface area contributed by atoms with Gasteiger partial charge < -0.3 is 10.1 Å². The molecular formula is C12H16N4O. The Bertz CT molecular complexity index is 467. The first-order valence-corrected chi connectivity index (χ1v) is 5.48. The van der Waals surface area contributed by atoms with Gasteiger partial charge in [0.25, 0.3) is 0 Å². The topological polar surface area (TPSA) is 62.8 Å². The van der Waals surface area contributed by atoms with Gasteiger partial charge in [0, 0.05) is 6.54 Å². The zero-order valence-electron chi connectivity index (χ0n) is 10.0. The highest BCUT2D eigenvalue weighted by atomic mass is 16.5. The first-order valence-electron chi connectivity index (χ1n) is 5.48. The number of rotatable bonds is 5. The van der Waals surface area contributed by atoms with E-state index in [-0.39, 0.29) is 0 Å². The quantitative estimate of drug-likeness (QED) is 0.818. The summed E-state index contributed by atoms with van der Waals surface area (Å²) >= 11 is 0. The van der Waals surface area contributed by atoms with Gasteiger partial charge in [-0.05, 0) is 24.1 Å². The van der Waals surface area contributed by atoms with Crippen LogP contribution in [-0.2, 0) is 13.1 Å². The predicted molar refractivity (Wildman–Crippen MR) is 64.7 cm³/mol. The van der Waals surface area contributed by atoms with Crippen molar-refractivity contribution in [1.82, 2.24) is 20.5 Å². The summed E-state index contributed by atoms with van der Waals surface area (Å²) in [6, 6.07) is 6.16. The molecule has 5 nitrogen and oxygen atoms in total. The second kappa shape index (κ2) is 5.45. The second-order valence-corrected chi connectivity index (χ2v) is 3.84. The molecule has 17 heavy (non-hydrogen) atoms. The maximum Gasteiger partial charge on any atom is 0.138 e. The summed E-state index contributed by atoms with van der Waals surface area (Å²) < 4.78 is 5.22. The van der Waals surface area contributed by atoms with Crippen molar-refractivity contribution in [3.05, 3.63) is 41.5 Å². The number of methoxy groups -OCH3 is 1. The minimum Gasteiger partial charge on any atom is -0.496 e. The molecule has 0 atom stereocenters. The fourth-order valence-electron chi connectivity index (χ4n) is 1.69. The summed E-state index contributed by atoms with van der Waals surface area (Å²) in [6.07, 6.45) is 1.51. The van der Waals surface area contributed by atoms with Crippen LogP contribution in [0.2, 0.25) is 0 Å². The van der Waals surface area contributed by atoms with E-state index in [0.29, 0.717) is 6.54 Å². The van der Waals surface area contributed by atoms with Gasteiger partial charge in [0.1, 0.15) is 17.9 Å². The maximum atomic E-state index is 5.22. The van der Waals surface area contributed by atoms with E-state index >= 15 is 0 Å². The fraction of sp³-hybridized carbons (Fsp3) is 0.333. The van der Waals surface area contributed by atoms with Crippen LogP contribution in [0.5, 0.6) is 5.75 Å². The van der Waals surface area contributed by atoms with Gasteiger partial charge in [0.15, 0.2) is 0 Å². The lowest BCUT2D eigenvalue weighted by molar-refractivity contribution is 0.411. The summed E-state index contributed by atoms with van der Waals surface area (Å²) in [5, 5.41) is 9.90. The number of hydrogen-bond acceptors (Lipinski definition) is 4. The van der Waals surface area contributed by atoms with E-state index in [0.717, 1.165) is 23.7 Å². The molecule has 0 unspecified atom stereocenters. The van der Waals surface area contributed by atoms with Crippen LogP contribution in [0, 0.1) is 6.92 Å². The smallest absolute Gasteiger partial charge is 0.138 e. The van der Waals surface area contributed by atoms with E-state index in [4.69, 9.17) is 4.74 Å². The number of aromatic amines is 1. The van der Waals surface area contributed by atoms with E-state index in [1.807, 2.05) is 13.0 Å². The summed E-state index contributed by atoms with van der Waals surface area (Å²) in [7, 11) is 1.68. The summed E-state index contributed by atoms with van der Waals surface area (Å²) in [5.41, 5.74) is 2.37. The first kappa shape index (κ1) is 11.6. The van der Waals surface area contributed by atoms with E-state index in [2.05, 4.69) is 32.6 Å². The largest absolute Gasteiger partial charge is 0.496 e. The third-order valence-corrected chi connectivity index (χ3v) is 2.55. The Kier molecular flexibility index (Phi) is 3.72. The highest BCUT2D eigenvalue weighted by Crippen LogP contribution is 2.18. The average molecular weight is 232 g/mol. The van der Waals surface area contributed by atoms with E-state index < -0.39 is 0 Å². The van der Waals surface area contributed by atoms with E-state index in [9.17, 15) is 0 Å². The van der Waals surface area contributed by atoms with Crippen LogP contribution >= 0.6 is 0 Å².